The van der Waals surface area contributed by atoms with E-state index in [1.54, 1.807) is 28.6 Å². The number of benzene rings is 2. The van der Waals surface area contributed by atoms with E-state index < -0.39 is 16.8 Å². The van der Waals surface area contributed by atoms with Crippen molar-refractivity contribution in [2.45, 2.75) is 38.1 Å². The molecule has 0 saturated heterocycles. The van der Waals surface area contributed by atoms with Gasteiger partial charge in [-0.05, 0) is 49.4 Å². The molecular formula is C18H19ClFNO2S. The molecule has 0 bridgehead atoms. The number of hydrogen-bond acceptors (Lipinski definition) is 2. The lowest BCUT2D eigenvalue weighted by molar-refractivity contribution is 0.0971. The van der Waals surface area contributed by atoms with Crippen LogP contribution in [0.3, 0.4) is 0 Å². The van der Waals surface area contributed by atoms with E-state index >= 15 is 0 Å². The second-order valence-electron chi connectivity index (χ2n) is 5.17. The fourth-order valence-corrected chi connectivity index (χ4v) is 4.00. The average molecular weight is 368 g/mol. The average Bonchev–Trinajstić information content (AvgIpc) is 2.58. The molecule has 1 heterocycles. The molecule has 24 heavy (non-hydrogen) atoms. The van der Waals surface area contributed by atoms with Gasteiger partial charge in [-0.1, -0.05) is 25.4 Å². The van der Waals surface area contributed by atoms with Crippen LogP contribution < -0.4 is 4.31 Å². The van der Waals surface area contributed by atoms with Crippen molar-refractivity contribution in [3.8, 4) is 0 Å². The van der Waals surface area contributed by atoms with E-state index in [4.69, 9.17) is 11.6 Å². The third kappa shape index (κ3) is 3.68. The number of anilines is 1. The maximum Gasteiger partial charge on any atom is 0.167 e. The molecule has 2 aromatic rings. The van der Waals surface area contributed by atoms with Crippen molar-refractivity contribution in [2.24, 2.45) is 0 Å². The topological polar surface area (TPSA) is 37.4 Å². The van der Waals surface area contributed by atoms with Gasteiger partial charge in [0, 0.05) is 23.0 Å². The maximum absolute atomic E-state index is 13.4. The lowest BCUT2D eigenvalue weighted by Gasteiger charge is -2.34. The Hall–Kier alpha value is -1.72. The van der Waals surface area contributed by atoms with Crippen LogP contribution in [0.25, 0.3) is 0 Å². The summed E-state index contributed by atoms with van der Waals surface area (Å²) in [5, 5.41) is 0.560. The third-order valence-corrected chi connectivity index (χ3v) is 5.41. The first-order valence-electron chi connectivity index (χ1n) is 7.77. The van der Waals surface area contributed by atoms with Gasteiger partial charge in [-0.15, -0.1) is 0 Å². The summed E-state index contributed by atoms with van der Waals surface area (Å²) in [6.45, 7) is 5.83. The minimum absolute atomic E-state index is 0.133. The van der Waals surface area contributed by atoms with Gasteiger partial charge in [0.05, 0.1) is 10.6 Å². The molecular weight excluding hydrogens is 349 g/mol. The van der Waals surface area contributed by atoms with Crippen LogP contribution in [0.2, 0.25) is 5.02 Å². The normalized spacial score (nSPS) is 17.6. The van der Waals surface area contributed by atoms with Gasteiger partial charge < -0.3 is 0 Å². The van der Waals surface area contributed by atoms with Crippen LogP contribution in [-0.4, -0.2) is 16.0 Å². The summed E-state index contributed by atoms with van der Waals surface area (Å²) >= 11 is 5.85. The van der Waals surface area contributed by atoms with Crippen LogP contribution in [0.1, 0.15) is 37.6 Å². The standard InChI is InChI=1S/C16H13ClFNO2S.C2H6/c1-10-8-16(20)14-9-12(18)4-7-15(14)19(10)22(21)13-5-2-11(17)3-6-13;1-2/h2-7,9-10H,8H2,1H3;1-2H3. The zero-order valence-electron chi connectivity index (χ0n) is 13.8. The number of hydrogen-bond donors (Lipinski definition) is 0. The van der Waals surface area contributed by atoms with Crippen LogP contribution in [0.5, 0.6) is 0 Å². The van der Waals surface area contributed by atoms with Crippen molar-refractivity contribution >= 4 is 34.1 Å². The Morgan fingerprint density at radius 1 is 1.17 bits per heavy atom. The Morgan fingerprint density at radius 3 is 2.42 bits per heavy atom. The fourth-order valence-electron chi connectivity index (χ4n) is 2.54. The monoisotopic (exact) mass is 367 g/mol. The molecule has 0 amide bonds. The van der Waals surface area contributed by atoms with E-state index in [1.807, 2.05) is 20.8 Å². The first kappa shape index (κ1) is 18.6. The lowest BCUT2D eigenvalue weighted by atomic mass is 9.97. The predicted octanol–water partition coefficient (Wildman–Crippen LogP) is 5.01. The zero-order chi connectivity index (χ0) is 17.9. The van der Waals surface area contributed by atoms with Gasteiger partial charge in [0.1, 0.15) is 5.82 Å². The Morgan fingerprint density at radius 2 is 1.79 bits per heavy atom. The Balaban J connectivity index is 0.00000100. The minimum Gasteiger partial charge on any atom is -0.294 e. The summed E-state index contributed by atoms with van der Waals surface area (Å²) in [4.78, 5) is 12.7. The molecule has 1 aliphatic rings. The predicted molar refractivity (Wildman–Crippen MR) is 96.5 cm³/mol. The number of Topliss-reactive ketones (excluding diaryl/α,β-unsaturated/α-hetero) is 1. The molecule has 0 aromatic heterocycles. The van der Waals surface area contributed by atoms with Crippen LogP contribution in [-0.2, 0) is 11.0 Å². The highest BCUT2D eigenvalue weighted by molar-refractivity contribution is 7.86. The molecule has 0 saturated carbocycles. The maximum atomic E-state index is 13.4. The zero-order valence-corrected chi connectivity index (χ0v) is 15.3. The molecule has 0 radical (unpaired) electrons. The SMILES string of the molecule is CC.CC1CC(=O)c2cc(F)ccc2N1S(=O)c1ccc(Cl)cc1. The molecule has 0 N–H and O–H groups in total. The smallest absolute Gasteiger partial charge is 0.167 e. The van der Waals surface area contributed by atoms with Gasteiger partial charge in [0.15, 0.2) is 16.8 Å². The molecule has 1 aliphatic heterocycles. The number of fused-ring (bicyclic) bond motifs is 1. The van der Waals surface area contributed by atoms with Crippen molar-refractivity contribution in [1.29, 1.82) is 0 Å². The van der Waals surface area contributed by atoms with Crippen LogP contribution in [0.15, 0.2) is 47.4 Å². The van der Waals surface area contributed by atoms with E-state index in [0.717, 1.165) is 0 Å². The quantitative estimate of drug-likeness (QED) is 0.748. The number of carbonyl (C=O) groups is 1. The largest absolute Gasteiger partial charge is 0.294 e. The van der Waals surface area contributed by atoms with Crippen LogP contribution in [0, 0.1) is 5.82 Å². The summed E-state index contributed by atoms with van der Waals surface area (Å²) in [5.74, 6) is -0.606. The van der Waals surface area contributed by atoms with Gasteiger partial charge >= 0.3 is 0 Å². The molecule has 6 heteroatoms. The van der Waals surface area contributed by atoms with E-state index in [1.165, 1.54) is 18.2 Å². The summed E-state index contributed by atoms with van der Waals surface area (Å²) in [7, 11) is -1.49. The van der Waals surface area contributed by atoms with Crippen LogP contribution in [0.4, 0.5) is 10.1 Å². The van der Waals surface area contributed by atoms with Crippen molar-refractivity contribution in [2.75, 3.05) is 4.31 Å². The first-order valence-corrected chi connectivity index (χ1v) is 9.25. The minimum atomic E-state index is -1.49. The lowest BCUT2D eigenvalue weighted by Crippen LogP contribution is -2.40. The summed E-state index contributed by atoms with van der Waals surface area (Å²) < 4.78 is 27.9. The highest BCUT2D eigenvalue weighted by atomic mass is 35.5. The van der Waals surface area contributed by atoms with Crippen molar-refractivity contribution in [1.82, 2.24) is 0 Å². The van der Waals surface area contributed by atoms with Gasteiger partial charge in [0.25, 0.3) is 0 Å². The molecule has 0 aliphatic carbocycles. The third-order valence-electron chi connectivity index (χ3n) is 3.57. The van der Waals surface area contributed by atoms with Crippen molar-refractivity contribution in [3.63, 3.8) is 0 Å². The first-order chi connectivity index (χ1) is 11.5. The van der Waals surface area contributed by atoms with Crippen molar-refractivity contribution in [3.05, 3.63) is 58.9 Å². The molecule has 0 fully saturated rings. The van der Waals surface area contributed by atoms with E-state index in [9.17, 15) is 13.4 Å². The molecule has 2 unspecified atom stereocenters. The molecule has 3 rings (SSSR count). The number of rotatable bonds is 2. The Bertz CT molecular complexity index is 764. The number of nitrogens with zero attached hydrogens (tertiary/aromatic N) is 1. The van der Waals surface area contributed by atoms with Gasteiger partial charge in [-0.25, -0.2) is 8.60 Å². The highest BCUT2D eigenvalue weighted by Crippen LogP contribution is 2.34. The Kier molecular flexibility index (Phi) is 6.13. The van der Waals surface area contributed by atoms with Gasteiger partial charge in [-0.2, -0.15) is 0 Å². The molecule has 0 spiro atoms. The molecule has 2 atom stereocenters. The number of halogens is 2. The molecule has 128 valence electrons. The second kappa shape index (κ2) is 7.90. The summed E-state index contributed by atoms with van der Waals surface area (Å²) in [5.41, 5.74) is 0.777. The number of ketones is 1. The van der Waals surface area contributed by atoms with E-state index in [-0.39, 0.29) is 23.8 Å². The highest BCUT2D eigenvalue weighted by Gasteiger charge is 2.33. The molecule has 2 aromatic carbocycles. The second-order valence-corrected chi connectivity index (χ2v) is 6.97. The fraction of sp³-hybridized carbons (Fsp3) is 0.278. The Labute approximate surface area is 149 Å². The summed E-state index contributed by atoms with van der Waals surface area (Å²) in [6.07, 6.45) is 0.204. The van der Waals surface area contributed by atoms with E-state index in [0.29, 0.717) is 15.6 Å². The summed E-state index contributed by atoms with van der Waals surface area (Å²) in [6, 6.07) is 10.5. The van der Waals surface area contributed by atoms with Gasteiger partial charge in [0.2, 0.25) is 0 Å². The van der Waals surface area contributed by atoms with Gasteiger partial charge in [-0.3, -0.25) is 9.10 Å². The number of carbonyl (C=O) groups excluding carboxylic acids is 1. The van der Waals surface area contributed by atoms with E-state index in [2.05, 4.69) is 0 Å². The molecule has 3 nitrogen and oxygen atoms in total. The van der Waals surface area contributed by atoms with Crippen molar-refractivity contribution < 1.29 is 13.4 Å². The van der Waals surface area contributed by atoms with Crippen LogP contribution >= 0.6 is 11.6 Å².